The molecule has 1 aliphatic heterocycles. The minimum Gasteiger partial charge on any atom is -0.493 e. The van der Waals surface area contributed by atoms with Crippen LogP contribution < -0.4 is 9.47 Å². The van der Waals surface area contributed by atoms with Crippen molar-refractivity contribution in [2.24, 2.45) is 7.05 Å². The van der Waals surface area contributed by atoms with Crippen LogP contribution in [0.1, 0.15) is 33.2 Å². The predicted molar refractivity (Wildman–Crippen MR) is 140 cm³/mol. The number of benzene rings is 1. The first-order valence-electron chi connectivity index (χ1n) is 11.4. The molecule has 0 spiro atoms. The normalized spacial score (nSPS) is 14.1. The SMILES string of the molecule is COc1cccc(C2=CCN(Cc3nc4sc(C(=O)O)cc4n3C)CC2)c1OCc1ccc(Cl)cn1. The quantitative estimate of drug-likeness (QED) is 0.336. The fourth-order valence-corrected chi connectivity index (χ4v) is 5.32. The number of hydrogen-bond acceptors (Lipinski definition) is 7. The summed E-state index contributed by atoms with van der Waals surface area (Å²) in [7, 11) is 3.57. The van der Waals surface area contributed by atoms with Crippen LogP contribution in [-0.2, 0) is 20.2 Å². The van der Waals surface area contributed by atoms with Crippen LogP contribution in [0, 0.1) is 0 Å². The first-order valence-corrected chi connectivity index (χ1v) is 12.6. The second-order valence-corrected chi connectivity index (χ2v) is 9.97. The average molecular weight is 525 g/mol. The van der Waals surface area contributed by atoms with E-state index in [1.807, 2.05) is 29.8 Å². The lowest BCUT2D eigenvalue weighted by Crippen LogP contribution is -2.29. The van der Waals surface area contributed by atoms with Gasteiger partial charge in [0.25, 0.3) is 0 Å². The van der Waals surface area contributed by atoms with Crippen molar-refractivity contribution in [3.8, 4) is 11.5 Å². The van der Waals surface area contributed by atoms with Crippen LogP contribution in [-0.4, -0.2) is 50.7 Å². The Morgan fingerprint density at radius 1 is 1.28 bits per heavy atom. The topological polar surface area (TPSA) is 89.7 Å². The fourth-order valence-electron chi connectivity index (χ4n) is 4.29. The Bertz CT molecular complexity index is 1440. The largest absolute Gasteiger partial charge is 0.493 e. The van der Waals surface area contributed by atoms with Crippen molar-refractivity contribution in [1.82, 2.24) is 19.4 Å². The Kier molecular flexibility index (Phi) is 6.95. The van der Waals surface area contributed by atoms with Crippen molar-refractivity contribution in [2.45, 2.75) is 19.6 Å². The summed E-state index contributed by atoms with van der Waals surface area (Å²) in [6, 6.07) is 11.3. The van der Waals surface area contributed by atoms with Crippen molar-refractivity contribution in [1.29, 1.82) is 0 Å². The summed E-state index contributed by atoms with van der Waals surface area (Å²) in [5.41, 5.74) is 3.86. The molecule has 0 unspecified atom stereocenters. The second kappa shape index (κ2) is 10.3. The molecule has 0 amide bonds. The van der Waals surface area contributed by atoms with Crippen molar-refractivity contribution < 1.29 is 19.4 Å². The smallest absolute Gasteiger partial charge is 0.346 e. The molecule has 0 saturated heterocycles. The summed E-state index contributed by atoms with van der Waals surface area (Å²) >= 11 is 7.16. The molecule has 0 aliphatic carbocycles. The molecule has 5 rings (SSSR count). The number of para-hydroxylation sites is 1. The lowest BCUT2D eigenvalue weighted by atomic mass is 9.98. The van der Waals surface area contributed by atoms with Gasteiger partial charge in [0.2, 0.25) is 0 Å². The van der Waals surface area contributed by atoms with Crippen molar-refractivity contribution in [2.75, 3.05) is 20.2 Å². The summed E-state index contributed by atoms with van der Waals surface area (Å²) < 4.78 is 13.8. The van der Waals surface area contributed by atoms with E-state index in [-0.39, 0.29) is 0 Å². The number of carboxylic acids is 1. The van der Waals surface area contributed by atoms with Gasteiger partial charge in [-0.05, 0) is 36.3 Å². The van der Waals surface area contributed by atoms with Crippen LogP contribution in [0.4, 0.5) is 0 Å². The van der Waals surface area contributed by atoms with E-state index in [0.29, 0.717) is 34.6 Å². The Hall–Kier alpha value is -3.40. The van der Waals surface area contributed by atoms with E-state index in [9.17, 15) is 9.90 Å². The predicted octanol–water partition coefficient (Wildman–Crippen LogP) is 5.26. The Morgan fingerprint density at radius 3 is 2.81 bits per heavy atom. The molecule has 8 nitrogen and oxygen atoms in total. The van der Waals surface area contributed by atoms with E-state index in [0.717, 1.165) is 46.9 Å². The van der Waals surface area contributed by atoms with Crippen LogP contribution in [0.3, 0.4) is 0 Å². The molecule has 0 radical (unpaired) electrons. The highest BCUT2D eigenvalue weighted by atomic mass is 35.5. The number of thiophene rings is 1. The van der Waals surface area contributed by atoms with Gasteiger partial charge in [0, 0.05) is 31.9 Å². The Labute approximate surface area is 217 Å². The Morgan fingerprint density at radius 2 is 2.14 bits per heavy atom. The zero-order chi connectivity index (χ0) is 25.2. The fraction of sp³-hybridized carbons (Fsp3) is 0.269. The van der Waals surface area contributed by atoms with E-state index in [1.165, 1.54) is 16.9 Å². The molecule has 186 valence electrons. The van der Waals surface area contributed by atoms with Crippen molar-refractivity contribution in [3.05, 3.63) is 75.7 Å². The molecule has 1 N–H and O–H groups in total. The molecule has 4 aromatic rings. The minimum absolute atomic E-state index is 0.309. The van der Waals surface area contributed by atoms with Gasteiger partial charge in [0.15, 0.2) is 11.5 Å². The third kappa shape index (κ3) is 4.95. The highest BCUT2D eigenvalue weighted by Crippen LogP contribution is 2.38. The third-order valence-electron chi connectivity index (χ3n) is 6.24. The number of rotatable bonds is 8. The Balaban J connectivity index is 1.31. The van der Waals surface area contributed by atoms with Gasteiger partial charge in [0.05, 0.1) is 29.9 Å². The van der Waals surface area contributed by atoms with Gasteiger partial charge < -0.3 is 19.1 Å². The molecule has 1 aromatic carbocycles. The second-order valence-electron chi connectivity index (χ2n) is 8.50. The summed E-state index contributed by atoms with van der Waals surface area (Å²) in [6.07, 6.45) is 4.68. The van der Waals surface area contributed by atoms with Gasteiger partial charge in [-0.2, -0.15) is 0 Å². The van der Waals surface area contributed by atoms with Crippen LogP contribution >= 0.6 is 22.9 Å². The lowest BCUT2D eigenvalue weighted by Gasteiger charge is -2.27. The zero-order valence-corrected chi connectivity index (χ0v) is 21.5. The van der Waals surface area contributed by atoms with Gasteiger partial charge in [-0.25, -0.2) is 9.78 Å². The van der Waals surface area contributed by atoms with Crippen LogP contribution in [0.15, 0.2) is 48.7 Å². The number of carbonyl (C=O) groups is 1. The van der Waals surface area contributed by atoms with E-state index >= 15 is 0 Å². The van der Waals surface area contributed by atoms with Crippen molar-refractivity contribution >= 4 is 44.8 Å². The van der Waals surface area contributed by atoms with Crippen molar-refractivity contribution in [3.63, 3.8) is 0 Å². The van der Waals surface area contributed by atoms with Gasteiger partial charge in [-0.15, -0.1) is 11.3 Å². The first kappa shape index (κ1) is 24.3. The molecule has 1 aliphatic rings. The van der Waals surface area contributed by atoms with Gasteiger partial charge in [-0.1, -0.05) is 29.8 Å². The van der Waals surface area contributed by atoms with Crippen LogP contribution in [0.25, 0.3) is 15.9 Å². The molecular formula is C26H25ClN4O4S. The van der Waals surface area contributed by atoms with Gasteiger partial charge in [0.1, 0.15) is 22.1 Å². The summed E-state index contributed by atoms with van der Waals surface area (Å²) in [5, 5.41) is 9.82. The van der Waals surface area contributed by atoms with E-state index in [1.54, 1.807) is 25.4 Å². The number of halogens is 1. The maximum Gasteiger partial charge on any atom is 0.346 e. The number of ether oxygens (including phenoxy) is 2. The highest BCUT2D eigenvalue weighted by Gasteiger charge is 2.21. The molecule has 0 saturated carbocycles. The number of fused-ring (bicyclic) bond motifs is 1. The zero-order valence-electron chi connectivity index (χ0n) is 19.9. The molecule has 10 heteroatoms. The maximum atomic E-state index is 11.3. The van der Waals surface area contributed by atoms with Crippen LogP contribution in [0.2, 0.25) is 5.02 Å². The number of nitrogens with zero attached hydrogens (tertiary/aromatic N) is 4. The molecule has 4 heterocycles. The average Bonchev–Trinajstić information content (AvgIpc) is 3.43. The lowest BCUT2D eigenvalue weighted by molar-refractivity contribution is 0.0702. The molecule has 3 aromatic heterocycles. The maximum absolute atomic E-state index is 11.3. The molecular weight excluding hydrogens is 500 g/mol. The minimum atomic E-state index is -0.918. The number of aromatic nitrogens is 3. The molecule has 0 fully saturated rings. The summed E-state index contributed by atoms with van der Waals surface area (Å²) in [5.74, 6) is 1.39. The third-order valence-corrected chi connectivity index (χ3v) is 7.47. The summed E-state index contributed by atoms with van der Waals surface area (Å²) in [4.78, 5) is 23.6. The highest BCUT2D eigenvalue weighted by molar-refractivity contribution is 7.20. The van der Waals surface area contributed by atoms with Crippen LogP contribution in [0.5, 0.6) is 11.5 Å². The number of aryl methyl sites for hydroxylation is 1. The standard InChI is InChI=1S/C26H25ClN4O4S/c1-30-20-12-22(26(32)33)36-25(20)29-23(30)14-31-10-8-16(9-11-31)19-4-3-5-21(34-2)24(19)35-15-18-7-6-17(27)13-28-18/h3-8,12-13H,9-11,14-15H2,1-2H3,(H,32,33). The van der Waals surface area contributed by atoms with E-state index in [4.69, 9.17) is 21.1 Å². The monoisotopic (exact) mass is 524 g/mol. The van der Waals surface area contributed by atoms with Gasteiger partial charge >= 0.3 is 5.97 Å². The van der Waals surface area contributed by atoms with Gasteiger partial charge in [-0.3, -0.25) is 9.88 Å². The number of aromatic carboxylic acids is 1. The molecule has 0 bridgehead atoms. The first-order chi connectivity index (χ1) is 17.4. The summed E-state index contributed by atoms with van der Waals surface area (Å²) in [6.45, 7) is 2.63. The molecule has 36 heavy (non-hydrogen) atoms. The number of methoxy groups -OCH3 is 1. The number of imidazole rings is 1. The number of hydrogen-bond donors (Lipinski definition) is 1. The van der Waals surface area contributed by atoms with E-state index in [2.05, 4.69) is 27.0 Å². The number of carboxylic acid groups (broad SMARTS) is 1. The number of pyridine rings is 1. The van der Waals surface area contributed by atoms with E-state index < -0.39 is 5.97 Å². The molecule has 0 atom stereocenters.